The first-order valence-electron chi connectivity index (χ1n) is 11.0. The highest BCUT2D eigenvalue weighted by molar-refractivity contribution is 7.13. The van der Waals surface area contributed by atoms with Crippen molar-refractivity contribution in [3.63, 3.8) is 0 Å². The fourth-order valence-corrected chi connectivity index (χ4v) is 4.42. The molecule has 0 unspecified atom stereocenters. The lowest BCUT2D eigenvalue weighted by Crippen LogP contribution is -2.19. The van der Waals surface area contributed by atoms with Gasteiger partial charge in [-0.25, -0.2) is 13.8 Å². The molecule has 0 radical (unpaired) electrons. The topological polar surface area (TPSA) is 95.1 Å². The lowest BCUT2D eigenvalue weighted by molar-refractivity contribution is 0.102. The van der Waals surface area contributed by atoms with E-state index in [1.165, 1.54) is 23.7 Å². The first-order valence-corrected chi connectivity index (χ1v) is 11.9. The number of aromatic nitrogens is 3. The standard InChI is InChI=1S/C17H14F2N4OS.C6H13NO/c1-23-7-10(6-20-23)21-16(24)13-8-25-17(22-13)14-12(18)5-4-11(15(14)19)9-2-3-9;7-6-2-1-4-8-5-3-6/h4-9H,2-3H2,1H3,(H,21,24);6H,1-5,7H2/t;6-/m.1/s1. The number of benzene rings is 1. The van der Waals surface area contributed by atoms with Crippen LogP contribution in [0.25, 0.3) is 10.6 Å². The summed E-state index contributed by atoms with van der Waals surface area (Å²) in [4.78, 5) is 16.4. The zero-order valence-electron chi connectivity index (χ0n) is 18.4. The van der Waals surface area contributed by atoms with Crippen molar-refractivity contribution in [1.82, 2.24) is 14.8 Å². The Bertz CT molecular complexity index is 1100. The Morgan fingerprint density at radius 3 is 2.79 bits per heavy atom. The van der Waals surface area contributed by atoms with Gasteiger partial charge < -0.3 is 15.8 Å². The number of carbonyl (C=O) groups excluding carboxylic acids is 1. The number of carbonyl (C=O) groups is 1. The summed E-state index contributed by atoms with van der Waals surface area (Å²) in [7, 11) is 1.73. The van der Waals surface area contributed by atoms with Crippen LogP contribution in [0, 0.1) is 11.6 Å². The number of hydrogen-bond acceptors (Lipinski definition) is 6. The van der Waals surface area contributed by atoms with E-state index in [2.05, 4.69) is 15.4 Å². The molecule has 1 saturated heterocycles. The molecule has 3 aromatic rings. The number of thiazole rings is 1. The normalized spacial score (nSPS) is 18.2. The maximum atomic E-state index is 14.7. The summed E-state index contributed by atoms with van der Waals surface area (Å²) in [6.07, 6.45) is 8.30. The van der Waals surface area contributed by atoms with Crippen LogP contribution in [0.5, 0.6) is 0 Å². The summed E-state index contributed by atoms with van der Waals surface area (Å²) in [5.74, 6) is -1.53. The minimum Gasteiger partial charge on any atom is -0.381 e. The number of anilines is 1. The van der Waals surface area contributed by atoms with Crippen molar-refractivity contribution in [2.75, 3.05) is 18.5 Å². The molecule has 1 amide bonds. The van der Waals surface area contributed by atoms with Crippen molar-refractivity contribution >= 4 is 22.9 Å². The number of nitrogens with zero attached hydrogens (tertiary/aromatic N) is 3. The van der Waals surface area contributed by atoms with Gasteiger partial charge in [-0.05, 0) is 49.7 Å². The molecular formula is C23H27F2N5O2S. The molecule has 1 aliphatic heterocycles. The SMILES string of the molecule is Cn1cc(NC(=O)c2csc(-c3c(F)ccc(C4CC4)c3F)n2)cn1.N[C@@H]1CCCOCC1. The molecule has 5 rings (SSSR count). The average molecular weight is 476 g/mol. The Kier molecular flexibility index (Phi) is 7.46. The molecule has 2 fully saturated rings. The lowest BCUT2D eigenvalue weighted by Gasteiger charge is -2.06. The number of hydrogen-bond donors (Lipinski definition) is 2. The molecule has 3 N–H and O–H groups in total. The summed E-state index contributed by atoms with van der Waals surface area (Å²) in [6, 6.07) is 3.16. The van der Waals surface area contributed by atoms with E-state index in [-0.39, 0.29) is 22.2 Å². The second-order valence-electron chi connectivity index (χ2n) is 8.30. The molecule has 7 nitrogen and oxygen atoms in total. The third kappa shape index (κ3) is 6.01. The summed E-state index contributed by atoms with van der Waals surface area (Å²) in [5, 5.41) is 8.25. The van der Waals surface area contributed by atoms with E-state index >= 15 is 0 Å². The van der Waals surface area contributed by atoms with Gasteiger partial charge in [-0.3, -0.25) is 9.48 Å². The number of aryl methyl sites for hydroxylation is 1. The summed E-state index contributed by atoms with van der Waals surface area (Å²) in [5.41, 5.74) is 6.65. The highest BCUT2D eigenvalue weighted by Gasteiger charge is 2.30. The molecule has 2 aromatic heterocycles. The van der Waals surface area contributed by atoms with Gasteiger partial charge in [0.15, 0.2) is 0 Å². The molecule has 2 aliphatic rings. The monoisotopic (exact) mass is 475 g/mol. The van der Waals surface area contributed by atoms with Crippen molar-refractivity contribution in [3.8, 4) is 10.6 Å². The van der Waals surface area contributed by atoms with Crippen molar-refractivity contribution < 1.29 is 18.3 Å². The van der Waals surface area contributed by atoms with Gasteiger partial charge in [-0.15, -0.1) is 11.3 Å². The van der Waals surface area contributed by atoms with Crippen LogP contribution in [0.2, 0.25) is 0 Å². The quantitative estimate of drug-likeness (QED) is 0.581. The van der Waals surface area contributed by atoms with Crippen molar-refractivity contribution in [2.45, 2.75) is 44.1 Å². The van der Waals surface area contributed by atoms with Crippen molar-refractivity contribution in [3.05, 3.63) is 52.8 Å². The van der Waals surface area contributed by atoms with Gasteiger partial charge in [0, 0.05) is 37.9 Å². The van der Waals surface area contributed by atoms with Gasteiger partial charge in [0.1, 0.15) is 22.3 Å². The van der Waals surface area contributed by atoms with E-state index in [9.17, 15) is 13.6 Å². The Morgan fingerprint density at radius 1 is 1.24 bits per heavy atom. The van der Waals surface area contributed by atoms with Crippen LogP contribution in [-0.4, -0.2) is 39.9 Å². The average Bonchev–Trinajstić information content (AvgIpc) is 3.44. The predicted molar refractivity (Wildman–Crippen MR) is 123 cm³/mol. The Hall–Kier alpha value is -2.69. The van der Waals surface area contributed by atoms with Crippen LogP contribution < -0.4 is 11.1 Å². The maximum absolute atomic E-state index is 14.7. The van der Waals surface area contributed by atoms with Crippen LogP contribution in [-0.2, 0) is 11.8 Å². The molecule has 1 aliphatic carbocycles. The van der Waals surface area contributed by atoms with Crippen molar-refractivity contribution in [2.24, 2.45) is 12.8 Å². The van der Waals surface area contributed by atoms with E-state index in [1.807, 2.05) is 0 Å². The molecular weight excluding hydrogens is 448 g/mol. The number of ether oxygens (including phenoxy) is 1. The van der Waals surface area contributed by atoms with E-state index in [1.54, 1.807) is 17.9 Å². The smallest absolute Gasteiger partial charge is 0.275 e. The lowest BCUT2D eigenvalue weighted by atomic mass is 10.1. The van der Waals surface area contributed by atoms with Crippen LogP contribution in [0.15, 0.2) is 29.9 Å². The number of nitrogens with one attached hydrogen (secondary N) is 1. The van der Waals surface area contributed by atoms with E-state index in [0.29, 0.717) is 17.3 Å². The molecule has 0 spiro atoms. The molecule has 10 heteroatoms. The first kappa shape index (κ1) is 23.5. The molecule has 1 atom stereocenters. The fraction of sp³-hybridized carbons (Fsp3) is 0.435. The van der Waals surface area contributed by atoms with Gasteiger partial charge in [0.05, 0.1) is 17.4 Å². The molecule has 176 valence electrons. The van der Waals surface area contributed by atoms with Gasteiger partial charge in [0.2, 0.25) is 0 Å². The zero-order valence-corrected chi connectivity index (χ0v) is 19.2. The van der Waals surface area contributed by atoms with Crippen LogP contribution in [0.3, 0.4) is 0 Å². The van der Waals surface area contributed by atoms with Crippen LogP contribution in [0.1, 0.15) is 54.1 Å². The number of amides is 1. The molecule has 3 heterocycles. The van der Waals surface area contributed by atoms with Gasteiger partial charge in [0.25, 0.3) is 5.91 Å². The van der Waals surface area contributed by atoms with Crippen LogP contribution in [0.4, 0.5) is 14.5 Å². The largest absolute Gasteiger partial charge is 0.381 e. The third-order valence-electron chi connectivity index (χ3n) is 5.55. The molecule has 0 bridgehead atoms. The predicted octanol–water partition coefficient (Wildman–Crippen LogP) is 4.47. The van der Waals surface area contributed by atoms with Gasteiger partial charge >= 0.3 is 0 Å². The maximum Gasteiger partial charge on any atom is 0.275 e. The van der Waals surface area contributed by atoms with E-state index in [0.717, 1.165) is 56.7 Å². The summed E-state index contributed by atoms with van der Waals surface area (Å²) >= 11 is 1.04. The summed E-state index contributed by atoms with van der Waals surface area (Å²) < 4.78 is 35.6. The second kappa shape index (κ2) is 10.5. The minimum atomic E-state index is -0.671. The number of rotatable bonds is 4. The van der Waals surface area contributed by atoms with E-state index < -0.39 is 17.5 Å². The Morgan fingerprint density at radius 2 is 2.06 bits per heavy atom. The summed E-state index contributed by atoms with van der Waals surface area (Å²) in [6.45, 7) is 1.77. The highest BCUT2D eigenvalue weighted by Crippen LogP contribution is 2.44. The van der Waals surface area contributed by atoms with E-state index in [4.69, 9.17) is 10.5 Å². The van der Waals surface area contributed by atoms with Crippen LogP contribution >= 0.6 is 11.3 Å². The Balaban J connectivity index is 0.000000275. The zero-order chi connectivity index (χ0) is 23.4. The fourth-order valence-electron chi connectivity index (χ4n) is 3.58. The Labute approximate surface area is 195 Å². The minimum absolute atomic E-state index is 0.111. The molecule has 1 aromatic carbocycles. The molecule has 1 saturated carbocycles. The first-order chi connectivity index (χ1) is 15.9. The molecule has 33 heavy (non-hydrogen) atoms. The highest BCUT2D eigenvalue weighted by atomic mass is 32.1. The van der Waals surface area contributed by atoms with Crippen molar-refractivity contribution in [1.29, 1.82) is 0 Å². The number of halogens is 2. The van der Waals surface area contributed by atoms with Gasteiger partial charge in [-0.1, -0.05) is 6.07 Å². The second-order valence-corrected chi connectivity index (χ2v) is 9.16. The third-order valence-corrected chi connectivity index (χ3v) is 6.41. The van der Waals surface area contributed by atoms with Gasteiger partial charge in [-0.2, -0.15) is 5.10 Å². The number of nitrogens with two attached hydrogens (primary N) is 1.